The lowest BCUT2D eigenvalue weighted by atomic mass is 9.66. The van der Waals surface area contributed by atoms with Crippen LogP contribution in [0.1, 0.15) is 79.1 Å². The van der Waals surface area contributed by atoms with E-state index < -0.39 is 5.60 Å². The summed E-state index contributed by atoms with van der Waals surface area (Å²) in [5, 5.41) is 0. The Morgan fingerprint density at radius 3 is 2.30 bits per heavy atom. The molecule has 1 saturated carbocycles. The number of hydrogen-bond donors (Lipinski definition) is 0. The van der Waals surface area contributed by atoms with Crippen molar-refractivity contribution >= 4 is 5.78 Å². The van der Waals surface area contributed by atoms with Gasteiger partial charge in [0.15, 0.2) is 5.78 Å². The zero-order valence-electron chi connectivity index (χ0n) is 14.2. The minimum atomic E-state index is -0.516. The van der Waals surface area contributed by atoms with E-state index in [-0.39, 0.29) is 0 Å². The molecule has 0 amide bonds. The standard InChI is InChI=1S/C18H34O2/c1-6-8-12-16(7-2)13-17(19)18(20-5)14(3)10-9-11-15(18)4/h14-16H,6-13H2,1-5H3. The van der Waals surface area contributed by atoms with E-state index >= 15 is 0 Å². The average molecular weight is 282 g/mol. The first-order chi connectivity index (χ1) is 9.52. The maximum atomic E-state index is 13.0. The Balaban J connectivity index is 2.79. The van der Waals surface area contributed by atoms with E-state index in [1.807, 2.05) is 0 Å². The van der Waals surface area contributed by atoms with Crippen LogP contribution in [0, 0.1) is 17.8 Å². The third-order valence-corrected chi connectivity index (χ3v) is 5.53. The molecule has 0 N–H and O–H groups in total. The molecule has 1 fully saturated rings. The van der Waals surface area contributed by atoms with Gasteiger partial charge >= 0.3 is 0 Å². The van der Waals surface area contributed by atoms with Crippen LogP contribution in [0.3, 0.4) is 0 Å². The van der Waals surface area contributed by atoms with Crippen LogP contribution in [0.5, 0.6) is 0 Å². The van der Waals surface area contributed by atoms with Crippen molar-refractivity contribution in [3.8, 4) is 0 Å². The van der Waals surface area contributed by atoms with Crippen molar-refractivity contribution in [3.05, 3.63) is 0 Å². The van der Waals surface area contributed by atoms with E-state index in [1.54, 1.807) is 7.11 Å². The summed E-state index contributed by atoms with van der Waals surface area (Å²) in [6.45, 7) is 8.82. The molecule has 0 spiro atoms. The maximum Gasteiger partial charge on any atom is 0.165 e. The van der Waals surface area contributed by atoms with E-state index in [2.05, 4.69) is 27.7 Å². The number of rotatable bonds is 8. The van der Waals surface area contributed by atoms with Crippen LogP contribution in [0.15, 0.2) is 0 Å². The molecule has 0 aliphatic heterocycles. The first-order valence-corrected chi connectivity index (χ1v) is 8.61. The van der Waals surface area contributed by atoms with Crippen LogP contribution in [0.25, 0.3) is 0 Å². The van der Waals surface area contributed by atoms with Gasteiger partial charge in [0.2, 0.25) is 0 Å². The molecule has 1 rings (SSSR count). The second kappa shape index (κ2) is 8.17. The molecule has 0 aromatic rings. The lowest BCUT2D eigenvalue weighted by molar-refractivity contribution is -0.163. The van der Waals surface area contributed by atoms with E-state index in [1.165, 1.54) is 25.7 Å². The number of carbonyl (C=O) groups excluding carboxylic acids is 1. The normalized spacial score (nSPS) is 32.0. The fourth-order valence-electron chi connectivity index (χ4n) is 4.08. The van der Waals surface area contributed by atoms with Gasteiger partial charge in [-0.2, -0.15) is 0 Å². The molecular weight excluding hydrogens is 248 g/mol. The molecule has 2 nitrogen and oxygen atoms in total. The van der Waals surface area contributed by atoms with Gasteiger partial charge in [-0.1, -0.05) is 59.8 Å². The Morgan fingerprint density at radius 2 is 1.85 bits per heavy atom. The van der Waals surface area contributed by atoms with Gasteiger partial charge in [-0.3, -0.25) is 4.79 Å². The molecule has 0 radical (unpaired) electrons. The third kappa shape index (κ3) is 3.63. The van der Waals surface area contributed by atoms with E-state index in [9.17, 15) is 4.79 Å². The van der Waals surface area contributed by atoms with Crippen molar-refractivity contribution in [3.63, 3.8) is 0 Å². The number of ketones is 1. The topological polar surface area (TPSA) is 26.3 Å². The van der Waals surface area contributed by atoms with Gasteiger partial charge in [0, 0.05) is 13.5 Å². The Bertz CT molecular complexity index is 288. The van der Waals surface area contributed by atoms with Crippen LogP contribution in [0.4, 0.5) is 0 Å². The summed E-state index contributed by atoms with van der Waals surface area (Å²) in [4.78, 5) is 13.0. The highest BCUT2D eigenvalue weighted by molar-refractivity contribution is 5.88. The number of unbranched alkanes of at least 4 members (excludes halogenated alkanes) is 1. The molecule has 3 atom stereocenters. The van der Waals surface area contributed by atoms with Gasteiger partial charge in [0.1, 0.15) is 5.60 Å². The van der Waals surface area contributed by atoms with Crippen molar-refractivity contribution in [1.82, 2.24) is 0 Å². The second-order valence-electron chi connectivity index (χ2n) is 6.77. The van der Waals surface area contributed by atoms with Crippen molar-refractivity contribution < 1.29 is 9.53 Å². The van der Waals surface area contributed by atoms with Gasteiger partial charge in [-0.15, -0.1) is 0 Å². The largest absolute Gasteiger partial charge is 0.370 e. The molecule has 2 heteroatoms. The number of hydrogen-bond acceptors (Lipinski definition) is 2. The van der Waals surface area contributed by atoms with E-state index in [0.29, 0.717) is 30.0 Å². The molecule has 0 aromatic carbocycles. The molecule has 0 bridgehead atoms. The SMILES string of the molecule is CCCCC(CC)CC(=O)C1(OC)C(C)CCCC1C. The van der Waals surface area contributed by atoms with Crippen LogP contribution < -0.4 is 0 Å². The molecule has 0 heterocycles. The summed E-state index contributed by atoms with van der Waals surface area (Å²) in [6.07, 6.45) is 8.91. The average Bonchev–Trinajstić information content (AvgIpc) is 2.44. The minimum absolute atomic E-state index is 0.354. The molecule has 118 valence electrons. The first kappa shape index (κ1) is 17.7. The number of carbonyl (C=O) groups is 1. The summed E-state index contributed by atoms with van der Waals surface area (Å²) < 4.78 is 5.87. The summed E-state index contributed by atoms with van der Waals surface area (Å²) >= 11 is 0. The van der Waals surface area contributed by atoms with Crippen LogP contribution in [-0.2, 0) is 9.53 Å². The smallest absolute Gasteiger partial charge is 0.165 e. The zero-order valence-corrected chi connectivity index (χ0v) is 14.2. The lowest BCUT2D eigenvalue weighted by Gasteiger charge is -2.45. The van der Waals surface area contributed by atoms with E-state index in [0.717, 1.165) is 19.3 Å². The Labute approximate surface area is 125 Å². The monoisotopic (exact) mass is 282 g/mol. The Morgan fingerprint density at radius 1 is 1.25 bits per heavy atom. The quantitative estimate of drug-likeness (QED) is 0.626. The predicted octanol–water partition coefficient (Wildman–Crippen LogP) is 5.00. The number of ether oxygens (including phenoxy) is 1. The molecule has 20 heavy (non-hydrogen) atoms. The van der Waals surface area contributed by atoms with Crippen LogP contribution >= 0.6 is 0 Å². The third-order valence-electron chi connectivity index (χ3n) is 5.53. The zero-order chi connectivity index (χ0) is 15.2. The van der Waals surface area contributed by atoms with Crippen molar-refractivity contribution in [2.24, 2.45) is 17.8 Å². The summed E-state index contributed by atoms with van der Waals surface area (Å²) in [7, 11) is 1.74. The number of methoxy groups -OCH3 is 1. The Hall–Kier alpha value is -0.370. The fourth-order valence-corrected chi connectivity index (χ4v) is 4.08. The van der Waals surface area contributed by atoms with Gasteiger partial charge in [-0.05, 0) is 30.6 Å². The molecule has 1 aliphatic carbocycles. The highest BCUT2D eigenvalue weighted by Gasteiger charge is 2.49. The van der Waals surface area contributed by atoms with Gasteiger partial charge in [0.25, 0.3) is 0 Å². The molecule has 0 saturated heterocycles. The first-order valence-electron chi connectivity index (χ1n) is 8.61. The predicted molar refractivity (Wildman–Crippen MR) is 84.8 cm³/mol. The Kier molecular flexibility index (Phi) is 7.22. The van der Waals surface area contributed by atoms with Gasteiger partial charge < -0.3 is 4.74 Å². The molecule has 3 unspecified atom stereocenters. The highest BCUT2D eigenvalue weighted by atomic mass is 16.5. The number of Topliss-reactive ketones (excluding diaryl/α,β-unsaturated/α-hetero) is 1. The maximum absolute atomic E-state index is 13.0. The molecule has 0 aromatic heterocycles. The van der Waals surface area contributed by atoms with E-state index in [4.69, 9.17) is 4.74 Å². The van der Waals surface area contributed by atoms with Crippen molar-refractivity contribution in [2.75, 3.05) is 7.11 Å². The molecular formula is C18H34O2. The fraction of sp³-hybridized carbons (Fsp3) is 0.944. The van der Waals surface area contributed by atoms with Crippen LogP contribution in [-0.4, -0.2) is 18.5 Å². The highest BCUT2D eigenvalue weighted by Crippen LogP contribution is 2.42. The summed E-state index contributed by atoms with van der Waals surface area (Å²) in [6, 6.07) is 0. The van der Waals surface area contributed by atoms with Crippen LogP contribution in [0.2, 0.25) is 0 Å². The summed E-state index contributed by atoms with van der Waals surface area (Å²) in [5.41, 5.74) is -0.516. The minimum Gasteiger partial charge on any atom is -0.370 e. The summed E-state index contributed by atoms with van der Waals surface area (Å²) in [5.74, 6) is 1.61. The van der Waals surface area contributed by atoms with Crippen molar-refractivity contribution in [1.29, 1.82) is 0 Å². The van der Waals surface area contributed by atoms with Crippen molar-refractivity contribution in [2.45, 2.75) is 84.7 Å². The second-order valence-corrected chi connectivity index (χ2v) is 6.77. The van der Waals surface area contributed by atoms with Gasteiger partial charge in [0.05, 0.1) is 0 Å². The molecule has 1 aliphatic rings. The van der Waals surface area contributed by atoms with Gasteiger partial charge in [-0.25, -0.2) is 0 Å². The lowest BCUT2D eigenvalue weighted by Crippen LogP contribution is -2.54.